The first-order valence-electron chi connectivity index (χ1n) is 8.08. The highest BCUT2D eigenvalue weighted by atomic mass is 127. The van der Waals surface area contributed by atoms with Gasteiger partial charge in [0, 0.05) is 32.2 Å². The molecular weight excluding hydrogens is 399 g/mol. The fourth-order valence-electron chi connectivity index (χ4n) is 2.10. The molecule has 5 heteroatoms. The quantitative estimate of drug-likeness (QED) is 0.280. The standard InChI is InChI=1S/C18H32N4.HI/c1-14-7-9-16(10-8-14)15(2)13-21-17(19-6)20-11-12-22-18(3,4)5;/h7-10,15,22H,11-13H2,1-6H3,(H2,19,20,21);1H. The molecule has 0 bridgehead atoms. The summed E-state index contributed by atoms with van der Waals surface area (Å²) in [5.74, 6) is 1.31. The van der Waals surface area contributed by atoms with E-state index in [1.807, 2.05) is 7.05 Å². The second-order valence-corrected chi connectivity index (χ2v) is 6.87. The molecular formula is C18H33IN4. The highest BCUT2D eigenvalue weighted by molar-refractivity contribution is 14.0. The molecule has 0 spiro atoms. The van der Waals surface area contributed by atoms with Crippen LogP contribution in [0.5, 0.6) is 0 Å². The van der Waals surface area contributed by atoms with Gasteiger partial charge in [0.15, 0.2) is 5.96 Å². The van der Waals surface area contributed by atoms with Crippen molar-refractivity contribution in [2.45, 2.75) is 46.1 Å². The first-order valence-corrected chi connectivity index (χ1v) is 8.08. The molecule has 0 aliphatic carbocycles. The van der Waals surface area contributed by atoms with E-state index in [-0.39, 0.29) is 29.5 Å². The minimum absolute atomic E-state index is 0. The van der Waals surface area contributed by atoms with Crippen LogP contribution in [0.2, 0.25) is 0 Å². The Morgan fingerprint density at radius 2 is 1.70 bits per heavy atom. The SMILES string of the molecule is CN=C(NCCNC(C)(C)C)NCC(C)c1ccc(C)cc1.I. The van der Waals surface area contributed by atoms with Gasteiger partial charge in [-0.3, -0.25) is 4.99 Å². The zero-order valence-electron chi connectivity index (χ0n) is 15.4. The summed E-state index contributed by atoms with van der Waals surface area (Å²) in [5.41, 5.74) is 2.80. The number of benzene rings is 1. The van der Waals surface area contributed by atoms with Crippen LogP contribution in [0.1, 0.15) is 44.7 Å². The van der Waals surface area contributed by atoms with E-state index in [4.69, 9.17) is 0 Å². The number of aryl methyl sites for hydroxylation is 1. The van der Waals surface area contributed by atoms with E-state index in [0.717, 1.165) is 25.6 Å². The molecule has 3 N–H and O–H groups in total. The van der Waals surface area contributed by atoms with E-state index >= 15 is 0 Å². The fraction of sp³-hybridized carbons (Fsp3) is 0.611. The van der Waals surface area contributed by atoms with Crippen molar-refractivity contribution in [3.8, 4) is 0 Å². The summed E-state index contributed by atoms with van der Waals surface area (Å²) in [6.07, 6.45) is 0. The van der Waals surface area contributed by atoms with Crippen molar-refractivity contribution in [3.05, 3.63) is 35.4 Å². The minimum atomic E-state index is 0. The van der Waals surface area contributed by atoms with Crippen LogP contribution in [-0.2, 0) is 0 Å². The zero-order valence-corrected chi connectivity index (χ0v) is 17.7. The molecule has 0 amide bonds. The van der Waals surface area contributed by atoms with Crippen molar-refractivity contribution in [1.82, 2.24) is 16.0 Å². The molecule has 0 radical (unpaired) electrons. The van der Waals surface area contributed by atoms with Crippen LogP contribution in [0.15, 0.2) is 29.3 Å². The summed E-state index contributed by atoms with van der Waals surface area (Å²) < 4.78 is 0. The third kappa shape index (κ3) is 9.81. The van der Waals surface area contributed by atoms with Gasteiger partial charge in [0.1, 0.15) is 0 Å². The second-order valence-electron chi connectivity index (χ2n) is 6.87. The predicted molar refractivity (Wildman–Crippen MR) is 112 cm³/mol. The Morgan fingerprint density at radius 1 is 1.09 bits per heavy atom. The van der Waals surface area contributed by atoms with Gasteiger partial charge in [0.2, 0.25) is 0 Å². The third-order valence-corrected chi connectivity index (χ3v) is 3.52. The molecule has 1 unspecified atom stereocenters. The van der Waals surface area contributed by atoms with Gasteiger partial charge in [-0.1, -0.05) is 36.8 Å². The molecule has 0 saturated carbocycles. The number of hydrogen-bond donors (Lipinski definition) is 3. The first-order chi connectivity index (χ1) is 10.3. The summed E-state index contributed by atoms with van der Waals surface area (Å²) in [6.45, 7) is 13.5. The zero-order chi connectivity index (χ0) is 16.6. The van der Waals surface area contributed by atoms with Crippen molar-refractivity contribution < 1.29 is 0 Å². The van der Waals surface area contributed by atoms with Gasteiger partial charge in [0.05, 0.1) is 0 Å². The van der Waals surface area contributed by atoms with Gasteiger partial charge < -0.3 is 16.0 Å². The normalized spacial score (nSPS) is 13.2. The summed E-state index contributed by atoms with van der Waals surface area (Å²) >= 11 is 0. The molecule has 0 aliphatic rings. The number of guanidine groups is 1. The lowest BCUT2D eigenvalue weighted by atomic mass is 10.0. The lowest BCUT2D eigenvalue weighted by Gasteiger charge is -2.21. The molecule has 132 valence electrons. The number of rotatable bonds is 6. The molecule has 0 saturated heterocycles. The van der Waals surface area contributed by atoms with Gasteiger partial charge in [-0.05, 0) is 39.2 Å². The molecule has 0 fully saturated rings. The summed E-state index contributed by atoms with van der Waals surface area (Å²) in [7, 11) is 1.81. The van der Waals surface area contributed by atoms with E-state index < -0.39 is 0 Å². The van der Waals surface area contributed by atoms with Crippen LogP contribution in [0.3, 0.4) is 0 Å². The number of hydrogen-bond acceptors (Lipinski definition) is 2. The topological polar surface area (TPSA) is 48.5 Å². The molecule has 1 rings (SSSR count). The highest BCUT2D eigenvalue weighted by Gasteiger charge is 2.08. The highest BCUT2D eigenvalue weighted by Crippen LogP contribution is 2.14. The Morgan fingerprint density at radius 3 is 2.22 bits per heavy atom. The largest absolute Gasteiger partial charge is 0.356 e. The minimum Gasteiger partial charge on any atom is -0.356 e. The number of aliphatic imine (C=N–C) groups is 1. The Labute approximate surface area is 158 Å². The average molecular weight is 432 g/mol. The lowest BCUT2D eigenvalue weighted by Crippen LogP contribution is -2.45. The van der Waals surface area contributed by atoms with Crippen molar-refractivity contribution in [1.29, 1.82) is 0 Å². The van der Waals surface area contributed by atoms with Crippen molar-refractivity contribution in [2.75, 3.05) is 26.7 Å². The maximum absolute atomic E-state index is 4.27. The Kier molecular flexibility index (Phi) is 10.5. The van der Waals surface area contributed by atoms with E-state index in [2.05, 4.69) is 79.8 Å². The van der Waals surface area contributed by atoms with Crippen LogP contribution in [-0.4, -0.2) is 38.2 Å². The van der Waals surface area contributed by atoms with E-state index in [1.54, 1.807) is 0 Å². The van der Waals surface area contributed by atoms with E-state index in [0.29, 0.717) is 5.92 Å². The molecule has 1 aromatic rings. The molecule has 4 nitrogen and oxygen atoms in total. The molecule has 0 aliphatic heterocycles. The predicted octanol–water partition coefficient (Wildman–Crippen LogP) is 3.27. The Bertz CT molecular complexity index is 463. The smallest absolute Gasteiger partial charge is 0.191 e. The van der Waals surface area contributed by atoms with Crippen molar-refractivity contribution in [2.24, 2.45) is 4.99 Å². The van der Waals surface area contributed by atoms with E-state index in [9.17, 15) is 0 Å². The van der Waals surface area contributed by atoms with Crippen LogP contribution >= 0.6 is 24.0 Å². The maximum Gasteiger partial charge on any atom is 0.191 e. The van der Waals surface area contributed by atoms with Crippen molar-refractivity contribution in [3.63, 3.8) is 0 Å². The maximum atomic E-state index is 4.27. The number of nitrogens with one attached hydrogen (secondary N) is 3. The molecule has 1 atom stereocenters. The Hall–Kier alpha value is -0.820. The third-order valence-electron chi connectivity index (χ3n) is 3.52. The van der Waals surface area contributed by atoms with Crippen LogP contribution in [0.25, 0.3) is 0 Å². The molecule has 1 aromatic carbocycles. The van der Waals surface area contributed by atoms with Crippen LogP contribution in [0, 0.1) is 6.92 Å². The monoisotopic (exact) mass is 432 g/mol. The summed E-state index contributed by atoms with van der Waals surface area (Å²) in [5, 5.41) is 10.2. The Balaban J connectivity index is 0.00000484. The summed E-state index contributed by atoms with van der Waals surface area (Å²) in [4.78, 5) is 4.27. The fourth-order valence-corrected chi connectivity index (χ4v) is 2.10. The van der Waals surface area contributed by atoms with Gasteiger partial charge in [-0.25, -0.2) is 0 Å². The lowest BCUT2D eigenvalue weighted by molar-refractivity contribution is 0.428. The number of nitrogens with zero attached hydrogens (tertiary/aromatic N) is 1. The van der Waals surface area contributed by atoms with Gasteiger partial charge in [0.25, 0.3) is 0 Å². The van der Waals surface area contributed by atoms with E-state index in [1.165, 1.54) is 11.1 Å². The van der Waals surface area contributed by atoms with Gasteiger partial charge in [-0.2, -0.15) is 0 Å². The average Bonchev–Trinajstić information content (AvgIpc) is 2.46. The first kappa shape index (κ1) is 22.2. The summed E-state index contributed by atoms with van der Waals surface area (Å²) in [6, 6.07) is 8.73. The number of halogens is 1. The van der Waals surface area contributed by atoms with Crippen LogP contribution < -0.4 is 16.0 Å². The van der Waals surface area contributed by atoms with Crippen LogP contribution in [0.4, 0.5) is 0 Å². The van der Waals surface area contributed by atoms with Gasteiger partial charge in [-0.15, -0.1) is 24.0 Å². The van der Waals surface area contributed by atoms with Crippen molar-refractivity contribution >= 4 is 29.9 Å². The molecule has 0 aromatic heterocycles. The van der Waals surface area contributed by atoms with Gasteiger partial charge >= 0.3 is 0 Å². The molecule has 0 heterocycles. The second kappa shape index (κ2) is 10.9. The molecule has 23 heavy (non-hydrogen) atoms.